The first-order chi connectivity index (χ1) is 9.44. The number of likely N-dealkylation sites (tertiary alicyclic amines) is 1. The summed E-state index contributed by atoms with van der Waals surface area (Å²) >= 11 is 0. The van der Waals surface area contributed by atoms with E-state index in [1.807, 2.05) is 25.7 Å². The number of nitrogens with one attached hydrogen (secondary N) is 1. The molecule has 1 atom stereocenters. The van der Waals surface area contributed by atoms with Gasteiger partial charge in [-0.1, -0.05) is 0 Å². The Labute approximate surface area is 122 Å². The van der Waals surface area contributed by atoms with Crippen LogP contribution in [-0.2, 0) is 9.47 Å². The van der Waals surface area contributed by atoms with Crippen molar-refractivity contribution in [2.75, 3.05) is 32.8 Å². The maximum absolute atomic E-state index is 12.0. The van der Waals surface area contributed by atoms with E-state index in [-0.39, 0.29) is 6.09 Å². The topological polar surface area (TPSA) is 50.8 Å². The molecular weight excluding hydrogens is 256 g/mol. The average molecular weight is 284 g/mol. The van der Waals surface area contributed by atoms with Crippen molar-refractivity contribution < 1.29 is 14.3 Å². The smallest absolute Gasteiger partial charge is 0.410 e. The van der Waals surface area contributed by atoms with E-state index >= 15 is 0 Å². The van der Waals surface area contributed by atoms with Crippen molar-refractivity contribution in [1.29, 1.82) is 0 Å². The molecule has 2 rings (SSSR count). The van der Waals surface area contributed by atoms with Gasteiger partial charge in [-0.25, -0.2) is 4.79 Å². The van der Waals surface area contributed by atoms with Crippen LogP contribution in [0.25, 0.3) is 0 Å². The zero-order valence-electron chi connectivity index (χ0n) is 13.0. The minimum atomic E-state index is -0.407. The van der Waals surface area contributed by atoms with Crippen molar-refractivity contribution in [1.82, 2.24) is 10.2 Å². The van der Waals surface area contributed by atoms with Gasteiger partial charge in [0.25, 0.3) is 0 Å². The van der Waals surface area contributed by atoms with Gasteiger partial charge in [-0.2, -0.15) is 0 Å². The molecule has 0 aromatic rings. The zero-order chi connectivity index (χ0) is 14.6. The summed E-state index contributed by atoms with van der Waals surface area (Å²) in [7, 11) is 0. The van der Waals surface area contributed by atoms with Crippen LogP contribution in [-0.4, -0.2) is 55.5 Å². The number of hydrogen-bond donors (Lipinski definition) is 1. The number of hydrogen-bond acceptors (Lipinski definition) is 4. The van der Waals surface area contributed by atoms with Gasteiger partial charge in [0.1, 0.15) is 5.60 Å². The first kappa shape index (κ1) is 15.6. The molecule has 2 fully saturated rings. The van der Waals surface area contributed by atoms with E-state index in [2.05, 4.69) is 5.32 Å². The summed E-state index contributed by atoms with van der Waals surface area (Å²) in [5.74, 6) is 0.547. The van der Waals surface area contributed by atoms with Crippen molar-refractivity contribution in [3.05, 3.63) is 0 Å². The molecule has 0 radical (unpaired) electrons. The van der Waals surface area contributed by atoms with E-state index in [4.69, 9.17) is 9.47 Å². The van der Waals surface area contributed by atoms with E-state index in [9.17, 15) is 4.79 Å². The standard InChI is InChI=1S/C15H28N2O3/c1-15(2,3)20-14(18)17-7-4-12(11-17)10-16-13-5-8-19-9-6-13/h12-13,16H,4-11H2,1-3H3/t12-/m1/s1. The van der Waals surface area contributed by atoms with E-state index in [0.717, 1.165) is 52.1 Å². The quantitative estimate of drug-likeness (QED) is 0.861. The van der Waals surface area contributed by atoms with Crippen LogP contribution in [0.3, 0.4) is 0 Å². The number of amides is 1. The number of carbonyl (C=O) groups is 1. The molecule has 2 heterocycles. The Kier molecular flexibility index (Phi) is 5.27. The fourth-order valence-electron chi connectivity index (χ4n) is 2.73. The predicted octanol–water partition coefficient (Wildman–Crippen LogP) is 2.01. The third kappa shape index (κ3) is 4.94. The highest BCUT2D eigenvalue weighted by molar-refractivity contribution is 5.68. The van der Waals surface area contributed by atoms with Gasteiger partial charge in [-0.15, -0.1) is 0 Å². The number of nitrogens with zero attached hydrogens (tertiary/aromatic N) is 1. The van der Waals surface area contributed by atoms with Crippen molar-refractivity contribution in [2.24, 2.45) is 5.92 Å². The molecule has 5 heteroatoms. The van der Waals surface area contributed by atoms with Crippen LogP contribution in [0.1, 0.15) is 40.0 Å². The molecule has 5 nitrogen and oxygen atoms in total. The molecule has 116 valence electrons. The SMILES string of the molecule is CC(C)(C)OC(=O)N1CC[C@H](CNC2CCOCC2)C1. The molecule has 0 bridgehead atoms. The van der Waals surface area contributed by atoms with Crippen LogP contribution < -0.4 is 5.32 Å². The molecule has 0 aromatic heterocycles. The third-order valence-electron chi connectivity index (χ3n) is 3.85. The maximum atomic E-state index is 12.0. The molecule has 2 saturated heterocycles. The van der Waals surface area contributed by atoms with Crippen molar-refractivity contribution in [2.45, 2.75) is 51.7 Å². The minimum Gasteiger partial charge on any atom is -0.444 e. The van der Waals surface area contributed by atoms with Crippen LogP contribution in [0, 0.1) is 5.92 Å². The normalized spacial score (nSPS) is 24.9. The van der Waals surface area contributed by atoms with E-state index in [1.54, 1.807) is 0 Å². The summed E-state index contributed by atoms with van der Waals surface area (Å²) in [5.41, 5.74) is -0.407. The summed E-state index contributed by atoms with van der Waals surface area (Å²) in [4.78, 5) is 13.8. The highest BCUT2D eigenvalue weighted by atomic mass is 16.6. The minimum absolute atomic E-state index is 0.175. The average Bonchev–Trinajstić information content (AvgIpc) is 2.84. The van der Waals surface area contributed by atoms with Gasteiger partial charge in [0, 0.05) is 32.3 Å². The van der Waals surface area contributed by atoms with Gasteiger partial charge in [-0.3, -0.25) is 0 Å². The second-order valence-electron chi connectivity index (χ2n) is 6.88. The zero-order valence-corrected chi connectivity index (χ0v) is 13.0. The first-order valence-electron chi connectivity index (χ1n) is 7.73. The Morgan fingerprint density at radius 3 is 2.65 bits per heavy atom. The second-order valence-corrected chi connectivity index (χ2v) is 6.88. The van der Waals surface area contributed by atoms with Gasteiger partial charge >= 0.3 is 6.09 Å². The molecule has 0 aliphatic carbocycles. The highest BCUT2D eigenvalue weighted by Crippen LogP contribution is 2.19. The monoisotopic (exact) mass is 284 g/mol. The molecule has 2 aliphatic heterocycles. The molecule has 1 N–H and O–H groups in total. The van der Waals surface area contributed by atoms with Gasteiger partial charge in [0.05, 0.1) is 0 Å². The van der Waals surface area contributed by atoms with Crippen molar-refractivity contribution in [3.8, 4) is 0 Å². The number of rotatable bonds is 3. The first-order valence-corrected chi connectivity index (χ1v) is 7.73. The lowest BCUT2D eigenvalue weighted by Gasteiger charge is -2.26. The van der Waals surface area contributed by atoms with Gasteiger partial charge < -0.3 is 19.7 Å². The van der Waals surface area contributed by atoms with Crippen LogP contribution in [0.15, 0.2) is 0 Å². The molecule has 2 aliphatic rings. The van der Waals surface area contributed by atoms with Crippen LogP contribution >= 0.6 is 0 Å². The van der Waals surface area contributed by atoms with E-state index in [0.29, 0.717) is 12.0 Å². The Morgan fingerprint density at radius 1 is 1.30 bits per heavy atom. The fourth-order valence-corrected chi connectivity index (χ4v) is 2.73. The summed E-state index contributed by atoms with van der Waals surface area (Å²) in [6.45, 7) is 10.1. The Bertz CT molecular complexity index is 322. The predicted molar refractivity (Wildman–Crippen MR) is 77.8 cm³/mol. The highest BCUT2D eigenvalue weighted by Gasteiger charge is 2.30. The largest absolute Gasteiger partial charge is 0.444 e. The lowest BCUT2D eigenvalue weighted by Crippen LogP contribution is -2.39. The molecule has 0 aromatic carbocycles. The van der Waals surface area contributed by atoms with Gasteiger partial charge in [0.15, 0.2) is 0 Å². The summed E-state index contributed by atoms with van der Waals surface area (Å²) in [5, 5.41) is 3.61. The fraction of sp³-hybridized carbons (Fsp3) is 0.933. The van der Waals surface area contributed by atoms with Crippen LogP contribution in [0.5, 0.6) is 0 Å². The number of carbonyl (C=O) groups excluding carboxylic acids is 1. The maximum Gasteiger partial charge on any atom is 0.410 e. The Hall–Kier alpha value is -0.810. The lowest BCUT2D eigenvalue weighted by atomic mass is 10.1. The Morgan fingerprint density at radius 2 is 2.00 bits per heavy atom. The van der Waals surface area contributed by atoms with Crippen molar-refractivity contribution >= 4 is 6.09 Å². The van der Waals surface area contributed by atoms with E-state index in [1.165, 1.54) is 0 Å². The van der Waals surface area contributed by atoms with E-state index < -0.39 is 5.60 Å². The van der Waals surface area contributed by atoms with Gasteiger partial charge in [0.2, 0.25) is 0 Å². The number of ether oxygens (including phenoxy) is 2. The van der Waals surface area contributed by atoms with Gasteiger partial charge in [-0.05, 0) is 52.5 Å². The molecule has 0 unspecified atom stereocenters. The van der Waals surface area contributed by atoms with Crippen LogP contribution in [0.4, 0.5) is 4.79 Å². The molecule has 20 heavy (non-hydrogen) atoms. The lowest BCUT2D eigenvalue weighted by molar-refractivity contribution is 0.0287. The second kappa shape index (κ2) is 6.76. The molecule has 0 saturated carbocycles. The molecule has 1 amide bonds. The molecular formula is C15H28N2O3. The third-order valence-corrected chi connectivity index (χ3v) is 3.85. The summed E-state index contributed by atoms with van der Waals surface area (Å²) in [6, 6.07) is 0.583. The summed E-state index contributed by atoms with van der Waals surface area (Å²) < 4.78 is 10.8. The van der Waals surface area contributed by atoms with Crippen molar-refractivity contribution in [3.63, 3.8) is 0 Å². The van der Waals surface area contributed by atoms with Crippen LogP contribution in [0.2, 0.25) is 0 Å². The Balaban J connectivity index is 1.68. The molecule has 0 spiro atoms. The summed E-state index contributed by atoms with van der Waals surface area (Å²) in [6.07, 6.45) is 3.09.